The number of carboxylic acids is 1. The summed E-state index contributed by atoms with van der Waals surface area (Å²) in [6.07, 6.45) is 10.1. The van der Waals surface area contributed by atoms with Gasteiger partial charge in [0.1, 0.15) is 6.10 Å². The van der Waals surface area contributed by atoms with Crippen molar-refractivity contribution in [3.05, 3.63) is 11.6 Å². The fourth-order valence-corrected chi connectivity index (χ4v) is 10.9. The Morgan fingerprint density at radius 2 is 1.45 bits per heavy atom. The van der Waals surface area contributed by atoms with Gasteiger partial charge in [0.2, 0.25) is 0 Å². The largest absolute Gasteiger partial charge is 0.481 e. The standard InChI is InChI=1S/C38H60O9/c1-25-27-8-12-38(5)28-7-11-35(2)14-15-36(3,34(41)42)24-29(35)26(28)23-30(39)33(38)37(27,4)13-9-31(25)47-32(40)10-16-44-19-20-46-22-21-45-18-17-43-6/h23,25,27-29,31,33H,7-22,24H2,1-6H3,(H,41,42)/t25?,27?,28?,29?,31?,33?,35?,36-,37?,38?/m0/s1. The zero-order chi connectivity index (χ0) is 34.0. The minimum absolute atomic E-state index is 0.0621. The molecule has 9 heteroatoms. The maximum Gasteiger partial charge on any atom is 0.309 e. The SMILES string of the molecule is COCCOCCOCCOCCC(=O)OC1CCC2(C)C(CCC3(C)C4CCC5(C)CC[C@](C)(C(=O)O)CC5C4=CC(=O)C32)C1C. The Bertz CT molecular complexity index is 1180. The summed E-state index contributed by atoms with van der Waals surface area (Å²) in [5.74, 6) is 0.199. The van der Waals surface area contributed by atoms with Crippen LogP contribution in [0.25, 0.3) is 0 Å². The van der Waals surface area contributed by atoms with Crippen molar-refractivity contribution in [3.8, 4) is 0 Å². The molecule has 0 aromatic heterocycles. The average molecular weight is 661 g/mol. The Balaban J connectivity index is 1.17. The van der Waals surface area contributed by atoms with Crippen LogP contribution >= 0.6 is 0 Å². The summed E-state index contributed by atoms with van der Waals surface area (Å²) < 4.78 is 27.4. The number of allylic oxidation sites excluding steroid dienone is 2. The number of carbonyl (C=O) groups is 3. The van der Waals surface area contributed by atoms with Gasteiger partial charge in [0, 0.05) is 13.0 Å². The average Bonchev–Trinajstić information content (AvgIpc) is 3.01. The third-order valence-electron chi connectivity index (χ3n) is 13.7. The van der Waals surface area contributed by atoms with Crippen LogP contribution in [-0.4, -0.2) is 82.3 Å². The molecule has 10 atom stereocenters. The quantitative estimate of drug-likeness (QED) is 0.170. The molecule has 4 fully saturated rings. The van der Waals surface area contributed by atoms with E-state index < -0.39 is 11.4 Å². The number of hydrogen-bond acceptors (Lipinski definition) is 8. The van der Waals surface area contributed by atoms with Crippen LogP contribution in [0.5, 0.6) is 0 Å². The number of esters is 1. The molecule has 1 N–H and O–H groups in total. The first-order chi connectivity index (χ1) is 22.3. The smallest absolute Gasteiger partial charge is 0.309 e. The molecule has 5 aliphatic carbocycles. The summed E-state index contributed by atoms with van der Waals surface area (Å²) in [6, 6.07) is 0. The molecular weight excluding hydrogens is 600 g/mol. The van der Waals surface area contributed by atoms with Crippen molar-refractivity contribution in [1.29, 1.82) is 0 Å². The molecule has 0 aromatic carbocycles. The van der Waals surface area contributed by atoms with E-state index >= 15 is 0 Å². The van der Waals surface area contributed by atoms with E-state index in [0.29, 0.717) is 70.9 Å². The molecule has 0 amide bonds. The molecule has 0 aliphatic heterocycles. The third-order valence-corrected chi connectivity index (χ3v) is 13.7. The van der Waals surface area contributed by atoms with Gasteiger partial charge < -0.3 is 28.8 Å². The van der Waals surface area contributed by atoms with Gasteiger partial charge in [0.25, 0.3) is 0 Å². The van der Waals surface area contributed by atoms with Crippen molar-refractivity contribution in [2.75, 3.05) is 53.4 Å². The van der Waals surface area contributed by atoms with Gasteiger partial charge >= 0.3 is 11.9 Å². The summed E-state index contributed by atoms with van der Waals surface area (Å²) in [7, 11) is 1.64. The Kier molecular flexibility index (Phi) is 11.3. The maximum absolute atomic E-state index is 14.4. The Hall–Kier alpha value is -1.81. The van der Waals surface area contributed by atoms with E-state index in [0.717, 1.165) is 44.9 Å². The summed E-state index contributed by atoms with van der Waals surface area (Å²) >= 11 is 0. The lowest BCUT2D eigenvalue weighted by Gasteiger charge is -2.65. The molecule has 47 heavy (non-hydrogen) atoms. The molecule has 4 saturated carbocycles. The number of ether oxygens (including phenoxy) is 5. The molecule has 0 saturated heterocycles. The second kappa shape index (κ2) is 14.6. The molecule has 0 heterocycles. The highest BCUT2D eigenvalue weighted by molar-refractivity contribution is 5.95. The van der Waals surface area contributed by atoms with Crippen LogP contribution < -0.4 is 0 Å². The highest BCUT2D eigenvalue weighted by atomic mass is 16.6. The van der Waals surface area contributed by atoms with Gasteiger partial charge in [-0.1, -0.05) is 33.3 Å². The lowest BCUT2D eigenvalue weighted by Crippen LogP contribution is -2.62. The van der Waals surface area contributed by atoms with Gasteiger partial charge in [-0.05, 0) is 111 Å². The van der Waals surface area contributed by atoms with Crippen LogP contribution in [0, 0.1) is 51.2 Å². The number of aliphatic carboxylic acids is 1. The number of rotatable bonds is 14. The number of carboxylic acid groups (broad SMARTS) is 1. The van der Waals surface area contributed by atoms with E-state index in [-0.39, 0.29) is 58.3 Å². The first kappa shape index (κ1) is 36.5. The molecule has 0 bridgehead atoms. The first-order valence-corrected chi connectivity index (χ1v) is 18.2. The van der Waals surface area contributed by atoms with Crippen LogP contribution in [0.3, 0.4) is 0 Å². The Morgan fingerprint density at radius 3 is 2.11 bits per heavy atom. The molecule has 9 unspecified atom stereocenters. The van der Waals surface area contributed by atoms with Gasteiger partial charge in [-0.25, -0.2) is 0 Å². The first-order valence-electron chi connectivity index (χ1n) is 18.2. The van der Waals surface area contributed by atoms with Crippen LogP contribution in [0.15, 0.2) is 11.6 Å². The van der Waals surface area contributed by atoms with E-state index in [1.54, 1.807) is 7.11 Å². The highest BCUT2D eigenvalue weighted by Crippen LogP contribution is 2.70. The normalized spacial score (nSPS) is 41.1. The van der Waals surface area contributed by atoms with E-state index in [9.17, 15) is 19.5 Å². The molecule has 266 valence electrons. The summed E-state index contributed by atoms with van der Waals surface area (Å²) in [4.78, 5) is 39.5. The molecule has 0 aromatic rings. The van der Waals surface area contributed by atoms with E-state index in [2.05, 4.69) is 27.7 Å². The lowest BCUT2D eigenvalue weighted by atomic mass is 9.38. The molecule has 0 radical (unpaired) electrons. The maximum atomic E-state index is 14.4. The lowest BCUT2D eigenvalue weighted by molar-refractivity contribution is -0.183. The minimum atomic E-state index is -0.733. The van der Waals surface area contributed by atoms with E-state index in [1.807, 2.05) is 13.0 Å². The Morgan fingerprint density at radius 1 is 0.809 bits per heavy atom. The summed E-state index contributed by atoms with van der Waals surface area (Å²) in [5, 5.41) is 10.1. The van der Waals surface area contributed by atoms with Gasteiger partial charge in [0.05, 0.1) is 58.1 Å². The van der Waals surface area contributed by atoms with E-state index in [1.165, 1.54) is 5.57 Å². The molecule has 5 rings (SSSR count). The number of methoxy groups -OCH3 is 1. The monoisotopic (exact) mass is 660 g/mol. The van der Waals surface area contributed by atoms with Crippen LogP contribution in [0.1, 0.15) is 98.8 Å². The van der Waals surface area contributed by atoms with Crippen molar-refractivity contribution in [3.63, 3.8) is 0 Å². The van der Waals surface area contributed by atoms with Crippen molar-refractivity contribution < 1.29 is 43.2 Å². The highest BCUT2D eigenvalue weighted by Gasteiger charge is 2.65. The number of fused-ring (bicyclic) bond motifs is 7. The van der Waals surface area contributed by atoms with Gasteiger partial charge in [-0.15, -0.1) is 0 Å². The zero-order valence-corrected chi connectivity index (χ0v) is 29.8. The van der Waals surface area contributed by atoms with Crippen LogP contribution in [-0.2, 0) is 38.1 Å². The Labute approximate surface area is 281 Å². The topological polar surface area (TPSA) is 118 Å². The summed E-state index contributed by atoms with van der Waals surface area (Å²) in [5.41, 5.74) is 0.300. The van der Waals surface area contributed by atoms with E-state index in [4.69, 9.17) is 23.7 Å². The molecule has 9 nitrogen and oxygen atoms in total. The van der Waals surface area contributed by atoms with Crippen LogP contribution in [0.2, 0.25) is 0 Å². The second-order valence-corrected chi connectivity index (χ2v) is 16.5. The number of ketones is 1. The predicted molar refractivity (Wildman–Crippen MR) is 177 cm³/mol. The third kappa shape index (κ3) is 7.11. The second-order valence-electron chi connectivity index (χ2n) is 16.5. The van der Waals surface area contributed by atoms with Crippen molar-refractivity contribution in [1.82, 2.24) is 0 Å². The minimum Gasteiger partial charge on any atom is -0.481 e. The molecule has 0 spiro atoms. The van der Waals surface area contributed by atoms with Gasteiger partial charge in [0.15, 0.2) is 5.78 Å². The van der Waals surface area contributed by atoms with Gasteiger partial charge in [-0.2, -0.15) is 0 Å². The predicted octanol–water partition coefficient (Wildman–Crippen LogP) is 6.27. The number of hydrogen-bond donors (Lipinski definition) is 1. The number of carbonyl (C=O) groups excluding carboxylic acids is 2. The fourth-order valence-electron chi connectivity index (χ4n) is 10.9. The summed E-state index contributed by atoms with van der Waals surface area (Å²) in [6.45, 7) is 14.4. The van der Waals surface area contributed by atoms with Gasteiger partial charge in [-0.3, -0.25) is 14.4 Å². The fraction of sp³-hybridized carbons (Fsp3) is 0.868. The van der Waals surface area contributed by atoms with Crippen molar-refractivity contribution in [2.45, 2.75) is 105 Å². The van der Waals surface area contributed by atoms with Crippen molar-refractivity contribution in [2.24, 2.45) is 51.2 Å². The van der Waals surface area contributed by atoms with Crippen molar-refractivity contribution >= 4 is 17.7 Å². The molecule has 5 aliphatic rings. The molecular formula is C38H60O9. The van der Waals surface area contributed by atoms with Crippen LogP contribution in [0.4, 0.5) is 0 Å². The zero-order valence-electron chi connectivity index (χ0n) is 29.8.